The molecular formula is C35H34N4O4. The summed E-state index contributed by atoms with van der Waals surface area (Å²) in [5.74, 6) is -0.820. The highest BCUT2D eigenvalue weighted by Gasteiger charge is 2.36. The van der Waals surface area contributed by atoms with Gasteiger partial charge in [-0.05, 0) is 44.5 Å². The van der Waals surface area contributed by atoms with Crippen LogP contribution in [-0.2, 0) is 14.3 Å². The fourth-order valence-electron chi connectivity index (χ4n) is 5.14. The molecular weight excluding hydrogens is 540 g/mol. The normalized spacial score (nSPS) is 15.2. The zero-order valence-electron chi connectivity index (χ0n) is 24.4. The maximum absolute atomic E-state index is 14.2. The number of carbonyl (C=O) groups excluding carboxylic acids is 3. The third-order valence-corrected chi connectivity index (χ3v) is 7.18. The highest BCUT2D eigenvalue weighted by atomic mass is 16.6. The van der Waals surface area contributed by atoms with Crippen LogP contribution >= 0.6 is 0 Å². The van der Waals surface area contributed by atoms with Crippen LogP contribution in [0.5, 0.6) is 0 Å². The molecule has 8 heteroatoms. The summed E-state index contributed by atoms with van der Waals surface area (Å²) < 4.78 is 5.63. The molecule has 0 saturated heterocycles. The summed E-state index contributed by atoms with van der Waals surface area (Å²) in [5, 5.41) is 2.67. The molecule has 1 aliphatic heterocycles. The van der Waals surface area contributed by atoms with Gasteiger partial charge in [-0.25, -0.2) is 9.79 Å². The third-order valence-electron chi connectivity index (χ3n) is 7.18. The van der Waals surface area contributed by atoms with Crippen LogP contribution in [0, 0.1) is 0 Å². The molecule has 1 heterocycles. The summed E-state index contributed by atoms with van der Waals surface area (Å²) in [5.41, 5.74) is 4.02. The average molecular weight is 575 g/mol. The fraction of sp³-hybridized carbons (Fsp3) is 0.200. The van der Waals surface area contributed by atoms with Crippen molar-refractivity contribution in [1.29, 1.82) is 0 Å². The number of hydrogen-bond donors (Lipinski definition) is 1. The molecule has 0 radical (unpaired) electrons. The Morgan fingerprint density at radius 3 is 2.07 bits per heavy atom. The molecule has 4 aromatic rings. The molecule has 0 fully saturated rings. The Morgan fingerprint density at radius 1 is 0.837 bits per heavy atom. The van der Waals surface area contributed by atoms with E-state index in [1.165, 1.54) is 4.90 Å². The van der Waals surface area contributed by atoms with Crippen molar-refractivity contribution in [2.24, 2.45) is 4.99 Å². The molecule has 43 heavy (non-hydrogen) atoms. The quantitative estimate of drug-likeness (QED) is 0.274. The summed E-state index contributed by atoms with van der Waals surface area (Å²) in [6, 6.07) is 35.3. The van der Waals surface area contributed by atoms with Gasteiger partial charge in [0.15, 0.2) is 0 Å². The molecule has 0 spiro atoms. The highest BCUT2D eigenvalue weighted by molar-refractivity contribution is 6.21. The van der Waals surface area contributed by atoms with Crippen LogP contribution in [0.4, 0.5) is 16.2 Å². The molecule has 0 aromatic heterocycles. The van der Waals surface area contributed by atoms with E-state index < -0.39 is 24.3 Å². The van der Waals surface area contributed by atoms with E-state index in [-0.39, 0.29) is 18.5 Å². The second-order valence-corrected chi connectivity index (χ2v) is 10.5. The van der Waals surface area contributed by atoms with Gasteiger partial charge >= 0.3 is 6.09 Å². The second-order valence-electron chi connectivity index (χ2n) is 10.5. The van der Waals surface area contributed by atoms with E-state index in [2.05, 4.69) is 5.32 Å². The van der Waals surface area contributed by atoms with Gasteiger partial charge in [0.1, 0.15) is 12.6 Å². The predicted octanol–water partition coefficient (Wildman–Crippen LogP) is 6.13. The summed E-state index contributed by atoms with van der Waals surface area (Å²) in [4.78, 5) is 49.1. The van der Waals surface area contributed by atoms with Crippen LogP contribution in [0.15, 0.2) is 120 Å². The number of carbonyl (C=O) groups is 3. The van der Waals surface area contributed by atoms with Crippen molar-refractivity contribution in [1.82, 2.24) is 5.32 Å². The molecule has 3 amide bonds. The number of hydrogen-bond acceptors (Lipinski definition) is 5. The van der Waals surface area contributed by atoms with Gasteiger partial charge in [0.25, 0.3) is 5.91 Å². The van der Waals surface area contributed by atoms with Gasteiger partial charge in [-0.1, -0.05) is 97.1 Å². The Morgan fingerprint density at radius 2 is 1.42 bits per heavy atom. The number of nitrogens with one attached hydrogen (secondary N) is 1. The first-order valence-corrected chi connectivity index (χ1v) is 14.3. The number of anilines is 2. The minimum absolute atomic E-state index is 0.160. The smallest absolute Gasteiger partial charge is 0.409 e. The van der Waals surface area contributed by atoms with Crippen molar-refractivity contribution >= 4 is 35.0 Å². The van der Waals surface area contributed by atoms with Crippen molar-refractivity contribution in [3.63, 3.8) is 0 Å². The van der Waals surface area contributed by atoms with Gasteiger partial charge in [-0.15, -0.1) is 0 Å². The predicted molar refractivity (Wildman–Crippen MR) is 168 cm³/mol. The second kappa shape index (κ2) is 13.2. The van der Waals surface area contributed by atoms with E-state index >= 15 is 0 Å². The fourth-order valence-corrected chi connectivity index (χ4v) is 5.14. The number of alkyl carbamates (subject to hydrolysis) is 1. The Hall–Kier alpha value is -5.24. The third kappa shape index (κ3) is 6.64. The van der Waals surface area contributed by atoms with E-state index in [0.717, 1.165) is 16.8 Å². The van der Waals surface area contributed by atoms with Crippen LogP contribution in [0.2, 0.25) is 0 Å². The Balaban J connectivity index is 1.51. The zero-order chi connectivity index (χ0) is 30.3. The lowest BCUT2D eigenvalue weighted by molar-refractivity contribution is -0.123. The average Bonchev–Trinajstić information content (AvgIpc) is 3.13. The number of nitrogens with zero attached hydrogens (tertiary/aromatic N) is 3. The largest absolute Gasteiger partial charge is 0.442 e. The van der Waals surface area contributed by atoms with Gasteiger partial charge < -0.3 is 9.64 Å². The molecule has 4 aromatic carbocycles. The zero-order valence-corrected chi connectivity index (χ0v) is 24.4. The van der Waals surface area contributed by atoms with E-state index in [1.807, 2.05) is 123 Å². The van der Waals surface area contributed by atoms with Gasteiger partial charge in [0.2, 0.25) is 12.1 Å². The van der Waals surface area contributed by atoms with Crippen LogP contribution in [0.25, 0.3) is 0 Å². The SMILES string of the molecule is CC(C)N(C(=O)CN1C(=O)[C@@H](NC(=O)O[C@H](C)c2ccccc2)N=C(c2ccccc2)c2ccccc21)c1ccccc1. The van der Waals surface area contributed by atoms with Gasteiger partial charge in [0.05, 0.1) is 11.4 Å². The van der Waals surface area contributed by atoms with Crippen molar-refractivity contribution in [3.8, 4) is 0 Å². The van der Waals surface area contributed by atoms with Crippen LogP contribution in [0.3, 0.4) is 0 Å². The molecule has 0 aliphatic carbocycles. The minimum atomic E-state index is -1.34. The number of benzodiazepines with no additional fused rings is 1. The molecule has 0 bridgehead atoms. The Labute approximate surface area is 251 Å². The first kappa shape index (κ1) is 29.3. The highest BCUT2D eigenvalue weighted by Crippen LogP contribution is 2.29. The number of rotatable bonds is 8. The lowest BCUT2D eigenvalue weighted by atomic mass is 10.0. The topological polar surface area (TPSA) is 91.3 Å². The lowest BCUT2D eigenvalue weighted by Gasteiger charge is -2.31. The number of fused-ring (bicyclic) bond motifs is 1. The van der Waals surface area contributed by atoms with Crippen LogP contribution in [-0.4, -0.2) is 42.4 Å². The molecule has 218 valence electrons. The molecule has 8 nitrogen and oxygen atoms in total. The summed E-state index contributed by atoms with van der Waals surface area (Å²) in [7, 11) is 0. The number of aliphatic imine (C=N–C) groups is 1. The number of para-hydroxylation sites is 2. The Kier molecular flexibility index (Phi) is 8.96. The monoisotopic (exact) mass is 574 g/mol. The van der Waals surface area contributed by atoms with Crippen molar-refractivity contribution in [2.75, 3.05) is 16.3 Å². The van der Waals surface area contributed by atoms with Crippen LogP contribution < -0.4 is 15.1 Å². The van der Waals surface area contributed by atoms with Gasteiger partial charge in [-0.2, -0.15) is 0 Å². The van der Waals surface area contributed by atoms with Gasteiger partial charge in [-0.3, -0.25) is 19.8 Å². The number of ether oxygens (including phenoxy) is 1. The standard InChI is InChI=1S/C35H34N4O4/c1-24(2)39(28-19-11-6-12-20-28)31(40)23-38-30-22-14-13-21-29(30)32(27-17-9-5-10-18-27)36-33(34(38)41)37-35(42)43-25(3)26-15-7-4-8-16-26/h4-22,24-25,33H,23H2,1-3H3,(H,37,42)/t25-,33-/m1/s1. The molecule has 5 rings (SSSR count). The van der Waals surface area contributed by atoms with E-state index in [9.17, 15) is 14.4 Å². The molecule has 0 saturated carbocycles. The minimum Gasteiger partial charge on any atom is -0.442 e. The summed E-state index contributed by atoms with van der Waals surface area (Å²) in [6.07, 6.45) is -2.69. The molecule has 1 N–H and O–H groups in total. The first-order valence-electron chi connectivity index (χ1n) is 14.3. The summed E-state index contributed by atoms with van der Waals surface area (Å²) >= 11 is 0. The van der Waals surface area contributed by atoms with Crippen molar-refractivity contribution in [3.05, 3.63) is 132 Å². The molecule has 2 atom stereocenters. The lowest BCUT2D eigenvalue weighted by Crippen LogP contribution is -2.51. The number of amides is 3. The van der Waals surface area contributed by atoms with Crippen LogP contribution in [0.1, 0.15) is 43.6 Å². The molecule has 0 unspecified atom stereocenters. The first-order chi connectivity index (χ1) is 20.8. The molecule has 1 aliphatic rings. The van der Waals surface area contributed by atoms with Crippen molar-refractivity contribution < 1.29 is 19.1 Å². The van der Waals surface area contributed by atoms with E-state index in [1.54, 1.807) is 17.9 Å². The maximum Gasteiger partial charge on any atom is 0.409 e. The number of benzene rings is 4. The van der Waals surface area contributed by atoms with Crippen molar-refractivity contribution in [2.45, 2.75) is 39.1 Å². The summed E-state index contributed by atoms with van der Waals surface area (Å²) in [6.45, 7) is 5.35. The maximum atomic E-state index is 14.2. The Bertz CT molecular complexity index is 1610. The van der Waals surface area contributed by atoms with Gasteiger partial charge in [0, 0.05) is 22.9 Å². The van der Waals surface area contributed by atoms with E-state index in [0.29, 0.717) is 17.0 Å². The van der Waals surface area contributed by atoms with E-state index in [4.69, 9.17) is 9.73 Å².